The fourth-order valence-corrected chi connectivity index (χ4v) is 3.99. The predicted molar refractivity (Wildman–Crippen MR) is 78.2 cm³/mol. The molecule has 3 aliphatic heterocycles. The van der Waals surface area contributed by atoms with E-state index in [1.807, 2.05) is 12.1 Å². The van der Waals surface area contributed by atoms with Crippen molar-refractivity contribution in [2.75, 3.05) is 26.7 Å². The van der Waals surface area contributed by atoms with Gasteiger partial charge in [0.15, 0.2) is 0 Å². The third-order valence-electron chi connectivity index (χ3n) is 5.26. The molecule has 0 spiro atoms. The largest absolute Gasteiger partial charge is 1.00 e. The summed E-state index contributed by atoms with van der Waals surface area (Å²) in [5.74, 6) is 3.01. The van der Waals surface area contributed by atoms with Gasteiger partial charge >= 0.3 is 0 Å². The minimum Gasteiger partial charge on any atom is -1.00 e. The molecule has 5 rings (SSSR count). The van der Waals surface area contributed by atoms with Crippen LogP contribution in [0.3, 0.4) is 0 Å². The van der Waals surface area contributed by atoms with Crippen LogP contribution < -0.4 is 24.0 Å². The average molecular weight is 412 g/mol. The van der Waals surface area contributed by atoms with Crippen LogP contribution in [0.4, 0.5) is 0 Å². The van der Waals surface area contributed by atoms with Gasteiger partial charge in [-0.2, -0.15) is 4.98 Å². The van der Waals surface area contributed by atoms with Gasteiger partial charge in [-0.05, 0) is 18.1 Å². The Morgan fingerprint density at radius 3 is 2.64 bits per heavy atom. The highest BCUT2D eigenvalue weighted by molar-refractivity contribution is 5.52. The van der Waals surface area contributed by atoms with Gasteiger partial charge in [0.2, 0.25) is 11.7 Å². The molecule has 0 saturated carbocycles. The molecule has 0 aliphatic carbocycles. The summed E-state index contributed by atoms with van der Waals surface area (Å²) in [7, 11) is 2.39. The zero-order valence-electron chi connectivity index (χ0n) is 12.8. The van der Waals surface area contributed by atoms with Gasteiger partial charge in [-0.15, -0.1) is 0 Å². The van der Waals surface area contributed by atoms with Crippen molar-refractivity contribution in [2.24, 2.45) is 11.8 Å². The van der Waals surface area contributed by atoms with Gasteiger partial charge in [0.25, 0.3) is 0 Å². The molecule has 5 heterocycles. The van der Waals surface area contributed by atoms with E-state index in [4.69, 9.17) is 4.52 Å². The lowest BCUT2D eigenvalue weighted by Crippen LogP contribution is -3.00. The van der Waals surface area contributed by atoms with Gasteiger partial charge in [-0.3, -0.25) is 4.98 Å². The summed E-state index contributed by atoms with van der Waals surface area (Å²) in [6, 6.07) is 3.82. The molecule has 1 atom stereocenters. The summed E-state index contributed by atoms with van der Waals surface area (Å²) in [6.07, 6.45) is 7.14. The Hall–Kier alpha value is -1.02. The highest BCUT2D eigenvalue weighted by atomic mass is 127. The summed E-state index contributed by atoms with van der Waals surface area (Å²) in [4.78, 5) is 8.58. The number of pyridine rings is 1. The van der Waals surface area contributed by atoms with Gasteiger partial charge in [-0.25, -0.2) is 0 Å². The van der Waals surface area contributed by atoms with E-state index in [2.05, 4.69) is 22.2 Å². The normalized spacial score (nSPS) is 30.0. The maximum Gasteiger partial charge on any atom is 0.227 e. The van der Waals surface area contributed by atoms with E-state index < -0.39 is 0 Å². The van der Waals surface area contributed by atoms with Crippen molar-refractivity contribution in [2.45, 2.75) is 19.3 Å². The number of fused-ring (bicyclic) bond motifs is 3. The Balaban J connectivity index is 0.00000144. The minimum atomic E-state index is 0. The standard InChI is InChI=1S/C16H21N4O.HI/c1-20-8-4-12(5-9-20)14(11-20)10-15-18-16(19-21-15)13-2-6-17-7-3-13;/h2-3,6-7,12,14H,4-5,8-11H2,1H3;1H/q+1;/p-1. The maximum atomic E-state index is 5.47. The van der Waals surface area contributed by atoms with Crippen LogP contribution in [0.25, 0.3) is 11.4 Å². The van der Waals surface area contributed by atoms with Crippen LogP contribution in [0.1, 0.15) is 18.7 Å². The first kappa shape index (κ1) is 15.9. The minimum absolute atomic E-state index is 0. The Morgan fingerprint density at radius 2 is 1.95 bits per heavy atom. The smallest absolute Gasteiger partial charge is 0.227 e. The second kappa shape index (κ2) is 6.23. The van der Waals surface area contributed by atoms with E-state index in [1.165, 1.54) is 37.0 Å². The molecule has 0 aromatic carbocycles. The lowest BCUT2D eigenvalue weighted by atomic mass is 9.76. The van der Waals surface area contributed by atoms with E-state index in [-0.39, 0.29) is 24.0 Å². The molecule has 6 heteroatoms. The van der Waals surface area contributed by atoms with Gasteiger partial charge in [-0.1, -0.05) is 5.16 Å². The first-order valence-corrected chi connectivity index (χ1v) is 7.78. The van der Waals surface area contributed by atoms with Crippen molar-refractivity contribution in [3.05, 3.63) is 30.4 Å². The summed E-state index contributed by atoms with van der Waals surface area (Å²) < 4.78 is 6.70. The highest BCUT2D eigenvalue weighted by Crippen LogP contribution is 2.38. The zero-order valence-corrected chi connectivity index (χ0v) is 14.9. The van der Waals surface area contributed by atoms with E-state index in [9.17, 15) is 0 Å². The van der Waals surface area contributed by atoms with Gasteiger partial charge < -0.3 is 33.0 Å². The summed E-state index contributed by atoms with van der Waals surface area (Å²) in [5, 5.41) is 4.11. The van der Waals surface area contributed by atoms with Crippen molar-refractivity contribution in [3.8, 4) is 11.4 Å². The number of aromatic nitrogens is 3. The van der Waals surface area contributed by atoms with Crippen LogP contribution in [-0.2, 0) is 6.42 Å². The molecule has 5 nitrogen and oxygen atoms in total. The molecule has 0 amide bonds. The SMILES string of the molecule is C[N+]12CCC(CC1)C(Cc1nc(-c3ccncc3)no1)C2.[I-]. The second-order valence-corrected chi connectivity index (χ2v) is 6.80. The first-order chi connectivity index (χ1) is 10.2. The van der Waals surface area contributed by atoms with Crippen LogP contribution in [-0.4, -0.2) is 46.3 Å². The molecule has 3 fully saturated rings. The maximum absolute atomic E-state index is 5.47. The van der Waals surface area contributed by atoms with Gasteiger partial charge in [0.05, 0.1) is 26.7 Å². The molecular formula is C16H21IN4O. The molecule has 22 heavy (non-hydrogen) atoms. The molecule has 118 valence electrons. The summed E-state index contributed by atoms with van der Waals surface area (Å²) in [5.41, 5.74) is 0.966. The Bertz CT molecular complexity index is 622. The molecular weight excluding hydrogens is 391 g/mol. The topological polar surface area (TPSA) is 51.8 Å². The Morgan fingerprint density at radius 1 is 1.23 bits per heavy atom. The zero-order chi connectivity index (χ0) is 14.3. The number of hydrogen-bond donors (Lipinski definition) is 0. The quantitative estimate of drug-likeness (QED) is 0.488. The van der Waals surface area contributed by atoms with Crippen LogP contribution in [0.15, 0.2) is 29.0 Å². The molecule has 2 aromatic rings. The second-order valence-electron chi connectivity index (χ2n) is 6.80. The molecule has 1 unspecified atom stereocenters. The summed E-state index contributed by atoms with van der Waals surface area (Å²) in [6.45, 7) is 3.94. The number of nitrogens with zero attached hydrogens (tertiary/aromatic N) is 4. The van der Waals surface area contributed by atoms with Crippen LogP contribution in [0.5, 0.6) is 0 Å². The van der Waals surface area contributed by atoms with E-state index in [0.29, 0.717) is 11.7 Å². The van der Waals surface area contributed by atoms with Crippen molar-refractivity contribution < 1.29 is 33.0 Å². The van der Waals surface area contributed by atoms with Crippen LogP contribution in [0, 0.1) is 11.8 Å². The molecule has 3 aliphatic rings. The van der Waals surface area contributed by atoms with E-state index in [0.717, 1.165) is 23.8 Å². The average Bonchev–Trinajstić information content (AvgIpc) is 2.97. The molecule has 2 bridgehead atoms. The third-order valence-corrected chi connectivity index (χ3v) is 5.26. The van der Waals surface area contributed by atoms with Gasteiger partial charge in [0, 0.05) is 43.1 Å². The fraction of sp³-hybridized carbons (Fsp3) is 0.562. The predicted octanol–water partition coefficient (Wildman–Crippen LogP) is -0.835. The number of rotatable bonds is 3. The number of hydrogen-bond acceptors (Lipinski definition) is 4. The Kier molecular flexibility index (Phi) is 4.49. The highest BCUT2D eigenvalue weighted by Gasteiger charge is 2.43. The molecule has 0 N–H and O–H groups in total. The monoisotopic (exact) mass is 412 g/mol. The molecule has 2 aromatic heterocycles. The van der Waals surface area contributed by atoms with Crippen molar-refractivity contribution >= 4 is 0 Å². The Labute approximate surface area is 147 Å². The van der Waals surface area contributed by atoms with Crippen molar-refractivity contribution in [1.82, 2.24) is 15.1 Å². The molecule has 0 radical (unpaired) electrons. The third kappa shape index (κ3) is 3.03. The summed E-state index contributed by atoms with van der Waals surface area (Å²) >= 11 is 0. The van der Waals surface area contributed by atoms with Crippen LogP contribution >= 0.6 is 0 Å². The number of piperidine rings is 3. The number of halogens is 1. The van der Waals surface area contributed by atoms with Gasteiger partial charge in [0.1, 0.15) is 0 Å². The van der Waals surface area contributed by atoms with Crippen molar-refractivity contribution in [1.29, 1.82) is 0 Å². The van der Waals surface area contributed by atoms with E-state index >= 15 is 0 Å². The fourth-order valence-electron chi connectivity index (χ4n) is 3.99. The molecule has 3 saturated heterocycles. The van der Waals surface area contributed by atoms with Crippen molar-refractivity contribution in [3.63, 3.8) is 0 Å². The number of quaternary nitrogens is 1. The lowest BCUT2D eigenvalue weighted by Gasteiger charge is -2.50. The first-order valence-electron chi connectivity index (χ1n) is 7.78. The van der Waals surface area contributed by atoms with E-state index in [1.54, 1.807) is 12.4 Å². The van der Waals surface area contributed by atoms with Crippen LogP contribution in [0.2, 0.25) is 0 Å². The lowest BCUT2D eigenvalue weighted by molar-refractivity contribution is -0.929.